The van der Waals surface area contributed by atoms with Gasteiger partial charge >= 0.3 is 0 Å². The van der Waals surface area contributed by atoms with E-state index in [-0.39, 0.29) is 12.4 Å². The fraction of sp³-hybridized carbons (Fsp3) is 0.556. The number of hydrogen-bond donors (Lipinski definition) is 2. The molecule has 2 rings (SSSR count). The number of anilines is 1. The molecule has 2 heterocycles. The van der Waals surface area contributed by atoms with Crippen LogP contribution in [0.25, 0.3) is 0 Å². The third kappa shape index (κ3) is 2.82. The molecule has 1 saturated heterocycles. The van der Waals surface area contributed by atoms with E-state index in [1.807, 2.05) is 19.1 Å². The second-order valence-corrected chi connectivity index (χ2v) is 3.39. The fourth-order valence-corrected chi connectivity index (χ4v) is 1.46. The van der Waals surface area contributed by atoms with Gasteiger partial charge in [-0.3, -0.25) is 0 Å². The van der Waals surface area contributed by atoms with Crippen LogP contribution in [0.2, 0.25) is 0 Å². The van der Waals surface area contributed by atoms with Crippen molar-refractivity contribution < 1.29 is 0 Å². The fourth-order valence-electron chi connectivity index (χ4n) is 1.46. The van der Waals surface area contributed by atoms with Gasteiger partial charge in [0.2, 0.25) is 0 Å². The van der Waals surface area contributed by atoms with E-state index >= 15 is 0 Å². The van der Waals surface area contributed by atoms with E-state index < -0.39 is 0 Å². The number of aromatic nitrogens is 2. The van der Waals surface area contributed by atoms with E-state index in [0.717, 1.165) is 31.0 Å². The van der Waals surface area contributed by atoms with Gasteiger partial charge in [-0.15, -0.1) is 17.5 Å². The highest BCUT2D eigenvalue weighted by Gasteiger charge is 2.13. The second-order valence-electron chi connectivity index (χ2n) is 3.39. The molecule has 14 heavy (non-hydrogen) atoms. The highest BCUT2D eigenvalue weighted by atomic mass is 35.5. The van der Waals surface area contributed by atoms with Gasteiger partial charge in [-0.2, -0.15) is 5.10 Å². The molecule has 0 radical (unpaired) electrons. The van der Waals surface area contributed by atoms with Crippen LogP contribution in [-0.4, -0.2) is 29.3 Å². The van der Waals surface area contributed by atoms with Crippen LogP contribution >= 0.6 is 12.4 Å². The van der Waals surface area contributed by atoms with Gasteiger partial charge in [0.15, 0.2) is 0 Å². The number of rotatable bonds is 2. The molecule has 0 bridgehead atoms. The first-order valence-electron chi connectivity index (χ1n) is 4.62. The van der Waals surface area contributed by atoms with Gasteiger partial charge in [0.05, 0.1) is 5.69 Å². The minimum atomic E-state index is 0. The smallest absolute Gasteiger partial charge is 0.148 e. The molecule has 0 aliphatic carbocycles. The van der Waals surface area contributed by atoms with E-state index in [9.17, 15) is 0 Å². The Kier molecular flexibility index (Phi) is 4.10. The molecule has 0 aromatic carbocycles. The van der Waals surface area contributed by atoms with Crippen LogP contribution in [0.3, 0.4) is 0 Å². The second kappa shape index (κ2) is 5.12. The van der Waals surface area contributed by atoms with Crippen LogP contribution < -0.4 is 10.6 Å². The molecule has 78 valence electrons. The highest BCUT2D eigenvalue weighted by molar-refractivity contribution is 5.85. The van der Waals surface area contributed by atoms with Gasteiger partial charge in [-0.05, 0) is 32.0 Å². The number of aryl methyl sites for hydroxylation is 1. The number of hydrogen-bond acceptors (Lipinski definition) is 4. The first kappa shape index (κ1) is 11.2. The van der Waals surface area contributed by atoms with Gasteiger partial charge in [-0.25, -0.2) is 0 Å². The zero-order valence-corrected chi connectivity index (χ0v) is 8.97. The highest BCUT2D eigenvalue weighted by Crippen LogP contribution is 2.07. The van der Waals surface area contributed by atoms with Gasteiger partial charge in [0.1, 0.15) is 5.82 Å². The number of halogens is 1. The Morgan fingerprint density at radius 3 is 2.86 bits per heavy atom. The maximum absolute atomic E-state index is 4.05. The monoisotopic (exact) mass is 214 g/mol. The molecule has 0 unspecified atom stereocenters. The van der Waals surface area contributed by atoms with Crippen molar-refractivity contribution in [3.05, 3.63) is 17.8 Å². The molecule has 0 amide bonds. The van der Waals surface area contributed by atoms with Crippen LogP contribution in [0.4, 0.5) is 5.82 Å². The summed E-state index contributed by atoms with van der Waals surface area (Å²) in [6.45, 7) is 4.06. The van der Waals surface area contributed by atoms with Crippen molar-refractivity contribution in [1.82, 2.24) is 15.5 Å². The average Bonchev–Trinajstić information content (AvgIpc) is 2.62. The predicted octanol–water partition coefficient (Wildman–Crippen LogP) is 0.981. The van der Waals surface area contributed by atoms with Gasteiger partial charge in [0, 0.05) is 12.6 Å². The van der Waals surface area contributed by atoms with Crippen molar-refractivity contribution in [3.63, 3.8) is 0 Å². The quantitative estimate of drug-likeness (QED) is 0.771. The molecule has 1 aliphatic heterocycles. The summed E-state index contributed by atoms with van der Waals surface area (Å²) in [4.78, 5) is 0. The molecule has 5 heteroatoms. The van der Waals surface area contributed by atoms with Crippen molar-refractivity contribution in [1.29, 1.82) is 0 Å². The summed E-state index contributed by atoms with van der Waals surface area (Å²) in [6, 6.07) is 4.45. The third-order valence-electron chi connectivity index (χ3n) is 2.21. The molecule has 4 nitrogen and oxygen atoms in total. The van der Waals surface area contributed by atoms with E-state index in [1.54, 1.807) is 0 Å². The van der Waals surface area contributed by atoms with Gasteiger partial charge in [-0.1, -0.05) is 0 Å². The molecule has 1 aromatic rings. The standard InChI is InChI=1S/C9H14N4.ClH/c1-7-2-3-9(13-12-7)11-8-4-5-10-6-8;/h2-3,8,10H,4-6H2,1H3,(H,11,13);1H/t8-;/m1./s1. The van der Waals surface area contributed by atoms with Crippen molar-refractivity contribution in [2.45, 2.75) is 19.4 Å². The number of nitrogens with one attached hydrogen (secondary N) is 2. The topological polar surface area (TPSA) is 49.8 Å². The zero-order chi connectivity index (χ0) is 9.10. The first-order valence-corrected chi connectivity index (χ1v) is 4.62. The molecule has 2 N–H and O–H groups in total. The van der Waals surface area contributed by atoms with Gasteiger partial charge in [0.25, 0.3) is 0 Å². The lowest BCUT2D eigenvalue weighted by atomic mass is 10.2. The minimum Gasteiger partial charge on any atom is -0.365 e. The number of nitrogens with zero attached hydrogens (tertiary/aromatic N) is 2. The summed E-state index contributed by atoms with van der Waals surface area (Å²) >= 11 is 0. The molecule has 1 aliphatic rings. The third-order valence-corrected chi connectivity index (χ3v) is 2.21. The van der Waals surface area contributed by atoms with E-state index in [2.05, 4.69) is 20.8 Å². The molecular weight excluding hydrogens is 200 g/mol. The van der Waals surface area contributed by atoms with E-state index in [0.29, 0.717) is 6.04 Å². The van der Waals surface area contributed by atoms with Crippen LogP contribution in [0.15, 0.2) is 12.1 Å². The Morgan fingerprint density at radius 2 is 2.29 bits per heavy atom. The zero-order valence-electron chi connectivity index (χ0n) is 8.16. The lowest BCUT2D eigenvalue weighted by Crippen LogP contribution is -2.22. The van der Waals surface area contributed by atoms with Crippen molar-refractivity contribution >= 4 is 18.2 Å². The summed E-state index contributed by atoms with van der Waals surface area (Å²) < 4.78 is 0. The van der Waals surface area contributed by atoms with E-state index in [4.69, 9.17) is 0 Å². The summed E-state index contributed by atoms with van der Waals surface area (Å²) in [5, 5.41) is 14.7. The van der Waals surface area contributed by atoms with Crippen LogP contribution in [0, 0.1) is 6.92 Å². The Balaban J connectivity index is 0.000000980. The van der Waals surface area contributed by atoms with Crippen molar-refractivity contribution in [3.8, 4) is 0 Å². The van der Waals surface area contributed by atoms with Crippen LogP contribution in [0.1, 0.15) is 12.1 Å². The molecule has 0 saturated carbocycles. The molecular formula is C9H15ClN4. The average molecular weight is 215 g/mol. The Morgan fingerprint density at radius 1 is 1.43 bits per heavy atom. The molecule has 0 spiro atoms. The SMILES string of the molecule is Cc1ccc(N[C@@H]2CCNC2)nn1.Cl. The minimum absolute atomic E-state index is 0. The maximum Gasteiger partial charge on any atom is 0.148 e. The normalized spacial score (nSPS) is 20.2. The van der Waals surface area contributed by atoms with Crippen molar-refractivity contribution in [2.24, 2.45) is 0 Å². The van der Waals surface area contributed by atoms with Crippen LogP contribution in [0.5, 0.6) is 0 Å². The predicted molar refractivity (Wildman–Crippen MR) is 58.9 cm³/mol. The lowest BCUT2D eigenvalue weighted by molar-refractivity contribution is 0.781. The van der Waals surface area contributed by atoms with Crippen molar-refractivity contribution in [2.75, 3.05) is 18.4 Å². The van der Waals surface area contributed by atoms with Crippen LogP contribution in [-0.2, 0) is 0 Å². The summed E-state index contributed by atoms with van der Waals surface area (Å²) in [5.74, 6) is 0.874. The molecule has 1 aromatic heterocycles. The summed E-state index contributed by atoms with van der Waals surface area (Å²) in [5.41, 5.74) is 0.954. The first-order chi connectivity index (χ1) is 6.34. The Labute approximate surface area is 89.9 Å². The molecule has 1 fully saturated rings. The largest absolute Gasteiger partial charge is 0.365 e. The summed E-state index contributed by atoms with van der Waals surface area (Å²) in [7, 11) is 0. The van der Waals surface area contributed by atoms with Gasteiger partial charge < -0.3 is 10.6 Å². The molecule has 1 atom stereocenters. The lowest BCUT2D eigenvalue weighted by Gasteiger charge is -2.10. The Bertz CT molecular complexity index is 269. The summed E-state index contributed by atoms with van der Waals surface area (Å²) in [6.07, 6.45) is 1.16. The maximum atomic E-state index is 4.05. The van der Waals surface area contributed by atoms with E-state index in [1.165, 1.54) is 0 Å². The Hall–Kier alpha value is -0.870.